The number of hydrogen-bond donors (Lipinski definition) is 2. The van der Waals surface area contributed by atoms with Crippen molar-refractivity contribution in [3.63, 3.8) is 0 Å². The quantitative estimate of drug-likeness (QED) is 0.165. The number of unbranched alkanes of at least 4 members (excludes halogenated alkanes) is 1. The van der Waals surface area contributed by atoms with Gasteiger partial charge in [-0.2, -0.15) is 0 Å². The molecule has 3 rings (SSSR count). The van der Waals surface area contributed by atoms with Crippen LogP contribution < -0.4 is 15.0 Å². The van der Waals surface area contributed by atoms with Crippen molar-refractivity contribution in [1.82, 2.24) is 9.97 Å². The Balaban J connectivity index is 2.12. The van der Waals surface area contributed by atoms with Gasteiger partial charge in [-0.25, -0.2) is 4.98 Å². The normalized spacial score (nSPS) is 11.3. The zero-order valence-electron chi connectivity index (χ0n) is 20.9. The Labute approximate surface area is 215 Å². The van der Waals surface area contributed by atoms with Crippen LogP contribution in [0.5, 0.6) is 17.2 Å². The Bertz CT molecular complexity index is 1290. The number of rotatable bonds is 10. The zero-order chi connectivity index (χ0) is 26.2. The number of allylic oxidation sites excluding steroid dienone is 1. The molecule has 2 N–H and O–H groups in total. The van der Waals surface area contributed by atoms with Gasteiger partial charge in [-0.05, 0) is 36.6 Å². The van der Waals surface area contributed by atoms with Crippen molar-refractivity contribution in [3.05, 3.63) is 81.2 Å². The van der Waals surface area contributed by atoms with Gasteiger partial charge in [0.1, 0.15) is 33.7 Å². The van der Waals surface area contributed by atoms with Crippen LogP contribution in [0.25, 0.3) is 11.1 Å². The molecule has 0 atom stereocenters. The van der Waals surface area contributed by atoms with Gasteiger partial charge in [-0.3, -0.25) is 9.79 Å². The fourth-order valence-electron chi connectivity index (χ4n) is 3.86. The van der Waals surface area contributed by atoms with Crippen molar-refractivity contribution >= 4 is 17.5 Å². The minimum atomic E-state index is -0.530. The first-order chi connectivity index (χ1) is 17.3. The van der Waals surface area contributed by atoms with Crippen molar-refractivity contribution < 1.29 is 19.3 Å². The third-order valence-electron chi connectivity index (χ3n) is 5.57. The Morgan fingerprint density at radius 2 is 1.86 bits per heavy atom. The molecule has 3 aromatic rings. The second kappa shape index (κ2) is 12.3. The molecule has 0 saturated carbocycles. The van der Waals surface area contributed by atoms with E-state index in [1.54, 1.807) is 36.5 Å². The molecule has 0 amide bonds. The molecule has 9 heteroatoms. The summed E-state index contributed by atoms with van der Waals surface area (Å²) in [6.07, 6.45) is 4.15. The number of aromatic nitrogens is 2. The Morgan fingerprint density at radius 1 is 1.17 bits per heavy atom. The van der Waals surface area contributed by atoms with Crippen LogP contribution in [-0.2, 0) is 17.6 Å². The fraction of sp³-hybridized carbons (Fsp3) is 0.296. The molecule has 0 aliphatic carbocycles. The Morgan fingerprint density at radius 3 is 2.42 bits per heavy atom. The number of methoxy groups -OCH3 is 2. The van der Waals surface area contributed by atoms with Crippen LogP contribution in [-0.4, -0.2) is 42.2 Å². The van der Waals surface area contributed by atoms with E-state index in [0.717, 1.165) is 18.4 Å². The lowest BCUT2D eigenvalue weighted by atomic mass is 9.95. The summed E-state index contributed by atoms with van der Waals surface area (Å²) in [5.41, 5.74) is 1.64. The third-order valence-corrected chi connectivity index (χ3v) is 5.80. The van der Waals surface area contributed by atoms with Gasteiger partial charge in [0.05, 0.1) is 25.3 Å². The molecule has 2 heterocycles. The SMILES string of the molecule is C=C(Cc1ccc(Cl)nc1)OC(=NC)c1c(O)c(-c2c(OC)cccc2OC)c(CCCC)[nH]c1=O. The number of halogens is 1. The second-order valence-electron chi connectivity index (χ2n) is 8.01. The molecule has 0 bridgehead atoms. The molecular formula is C27H30ClN3O5. The lowest BCUT2D eigenvalue weighted by Crippen LogP contribution is -2.23. The number of hydrogen-bond acceptors (Lipinski definition) is 7. The number of aromatic hydroxyl groups is 1. The number of aliphatic imine (C=N–C) groups is 1. The molecule has 36 heavy (non-hydrogen) atoms. The molecule has 0 fully saturated rings. The highest BCUT2D eigenvalue weighted by molar-refractivity contribution is 6.29. The highest BCUT2D eigenvalue weighted by Gasteiger charge is 2.27. The molecule has 190 valence electrons. The average molecular weight is 512 g/mol. The van der Waals surface area contributed by atoms with Gasteiger partial charge in [0, 0.05) is 25.4 Å². The van der Waals surface area contributed by atoms with E-state index in [2.05, 4.69) is 21.5 Å². The Hall–Kier alpha value is -3.78. The number of pyridine rings is 2. The maximum atomic E-state index is 13.2. The maximum absolute atomic E-state index is 13.2. The lowest BCUT2D eigenvalue weighted by molar-refractivity contribution is 0.394. The Kier molecular flexibility index (Phi) is 9.13. The minimum Gasteiger partial charge on any atom is -0.506 e. The number of nitrogens with zero attached hydrogens (tertiary/aromatic N) is 2. The molecule has 0 unspecified atom stereocenters. The number of H-pyrrole nitrogens is 1. The molecule has 0 radical (unpaired) electrons. The van der Waals surface area contributed by atoms with Crippen LogP contribution >= 0.6 is 11.6 Å². The van der Waals surface area contributed by atoms with Crippen LogP contribution in [0.4, 0.5) is 0 Å². The summed E-state index contributed by atoms with van der Waals surface area (Å²) in [6.45, 7) is 5.99. The smallest absolute Gasteiger partial charge is 0.264 e. The van der Waals surface area contributed by atoms with Crippen molar-refractivity contribution in [2.24, 2.45) is 4.99 Å². The second-order valence-corrected chi connectivity index (χ2v) is 8.40. The average Bonchev–Trinajstić information content (AvgIpc) is 2.87. The number of benzene rings is 1. The predicted molar refractivity (Wildman–Crippen MR) is 142 cm³/mol. The van der Waals surface area contributed by atoms with Crippen molar-refractivity contribution in [2.45, 2.75) is 32.6 Å². The van der Waals surface area contributed by atoms with Crippen LogP contribution in [0, 0.1) is 0 Å². The first-order valence-corrected chi connectivity index (χ1v) is 11.8. The van der Waals surface area contributed by atoms with Gasteiger partial charge in [-0.15, -0.1) is 0 Å². The van der Waals surface area contributed by atoms with Gasteiger partial charge in [0.25, 0.3) is 5.56 Å². The van der Waals surface area contributed by atoms with E-state index in [1.807, 2.05) is 6.92 Å². The van der Waals surface area contributed by atoms with Crippen molar-refractivity contribution in [3.8, 4) is 28.4 Å². The highest BCUT2D eigenvalue weighted by atomic mass is 35.5. The van der Waals surface area contributed by atoms with Gasteiger partial charge in [0.2, 0.25) is 5.90 Å². The van der Waals surface area contributed by atoms with E-state index in [-0.39, 0.29) is 17.2 Å². The van der Waals surface area contributed by atoms with Crippen LogP contribution in [0.1, 0.15) is 36.6 Å². The summed E-state index contributed by atoms with van der Waals surface area (Å²) in [6, 6.07) is 8.77. The van der Waals surface area contributed by atoms with Gasteiger partial charge < -0.3 is 24.3 Å². The molecular weight excluding hydrogens is 482 g/mol. The van der Waals surface area contributed by atoms with Crippen LogP contribution in [0.3, 0.4) is 0 Å². The standard InChI is InChI=1S/C27H30ClN3O5/c1-6-7-9-18-22(23-19(34-4)10-8-11-20(23)35-5)25(32)24(26(33)31-18)27(29-3)36-16(2)14-17-12-13-21(28)30-15-17/h8,10-13,15H,2,6-7,9,14H2,1,3-5H3,(H2,31,32,33). The monoisotopic (exact) mass is 511 g/mol. The molecule has 8 nitrogen and oxygen atoms in total. The number of ether oxygens (including phenoxy) is 3. The van der Waals surface area contributed by atoms with E-state index in [0.29, 0.717) is 52.1 Å². The van der Waals surface area contributed by atoms with Crippen molar-refractivity contribution in [1.29, 1.82) is 0 Å². The molecule has 2 aromatic heterocycles. The number of aromatic amines is 1. The van der Waals surface area contributed by atoms with E-state index in [4.69, 9.17) is 25.8 Å². The maximum Gasteiger partial charge on any atom is 0.264 e. The van der Waals surface area contributed by atoms with E-state index < -0.39 is 5.56 Å². The summed E-state index contributed by atoms with van der Waals surface area (Å²) in [5, 5.41) is 11.9. The van der Waals surface area contributed by atoms with Crippen LogP contribution in [0.2, 0.25) is 5.15 Å². The van der Waals surface area contributed by atoms with Crippen molar-refractivity contribution in [2.75, 3.05) is 21.3 Å². The van der Waals surface area contributed by atoms with E-state index >= 15 is 0 Å². The van der Waals surface area contributed by atoms with Crippen LogP contribution in [0.15, 0.2) is 58.7 Å². The van der Waals surface area contributed by atoms with Gasteiger partial charge in [-0.1, -0.05) is 43.7 Å². The molecule has 1 aromatic carbocycles. The largest absolute Gasteiger partial charge is 0.506 e. The third kappa shape index (κ3) is 5.88. The predicted octanol–water partition coefficient (Wildman–Crippen LogP) is 5.31. The summed E-state index contributed by atoms with van der Waals surface area (Å²) < 4.78 is 17.0. The van der Waals surface area contributed by atoms with Gasteiger partial charge >= 0.3 is 0 Å². The first-order valence-electron chi connectivity index (χ1n) is 11.5. The van der Waals surface area contributed by atoms with E-state index in [9.17, 15) is 9.90 Å². The number of nitrogens with one attached hydrogen (secondary N) is 1. The summed E-state index contributed by atoms with van der Waals surface area (Å²) in [4.78, 5) is 24.3. The minimum absolute atomic E-state index is 0.0715. The summed E-state index contributed by atoms with van der Waals surface area (Å²) >= 11 is 5.86. The molecule has 0 aliphatic rings. The van der Waals surface area contributed by atoms with Gasteiger partial charge in [0.15, 0.2) is 0 Å². The molecule has 0 saturated heterocycles. The molecule has 0 spiro atoms. The first kappa shape index (κ1) is 26.8. The summed E-state index contributed by atoms with van der Waals surface area (Å²) in [7, 11) is 4.54. The van der Waals surface area contributed by atoms with E-state index in [1.165, 1.54) is 21.3 Å². The zero-order valence-corrected chi connectivity index (χ0v) is 21.6. The fourth-order valence-corrected chi connectivity index (χ4v) is 3.98. The highest BCUT2D eigenvalue weighted by Crippen LogP contribution is 2.44. The summed E-state index contributed by atoms with van der Waals surface area (Å²) in [5.74, 6) is 0.920. The lowest BCUT2D eigenvalue weighted by Gasteiger charge is -2.20. The topological polar surface area (TPSA) is 106 Å². The number of aryl methyl sites for hydroxylation is 1. The molecule has 0 aliphatic heterocycles.